The molecule has 0 atom stereocenters. The van der Waals surface area contributed by atoms with Gasteiger partial charge in [-0.3, -0.25) is 4.79 Å². The smallest absolute Gasteiger partial charge is 0.341 e. The van der Waals surface area contributed by atoms with Crippen molar-refractivity contribution in [2.75, 3.05) is 6.61 Å². The Morgan fingerprint density at radius 2 is 1.81 bits per heavy atom. The summed E-state index contributed by atoms with van der Waals surface area (Å²) < 4.78 is 24.6. The summed E-state index contributed by atoms with van der Waals surface area (Å²) in [6.45, 7) is 5.22. The molecule has 2 rings (SSSR count). The van der Waals surface area contributed by atoms with Crippen LogP contribution in [0.3, 0.4) is 0 Å². The molecule has 0 fully saturated rings. The minimum atomic E-state index is -0.693. The van der Waals surface area contributed by atoms with Gasteiger partial charge in [0.2, 0.25) is 0 Å². The number of carbonyl (C=O) groups excluding carboxylic acids is 2. The minimum Gasteiger partial charge on any atom is -0.462 e. The molecule has 0 aromatic heterocycles. The lowest BCUT2D eigenvalue weighted by molar-refractivity contribution is -0.140. The van der Waals surface area contributed by atoms with E-state index in [0.717, 1.165) is 0 Å². The first-order valence-electron chi connectivity index (χ1n) is 8.37. The standard InChI is InChI=1S/C21H21FO4/c1-4-25-21(24)17(20(23)14(2)3)12-15-10-11-18(22)19(13-15)26-16-8-6-5-7-9-16/h5-14H,4H2,1-3H3/b17-12-. The molecule has 2 aromatic rings. The molecule has 0 saturated heterocycles. The fourth-order valence-electron chi connectivity index (χ4n) is 2.22. The number of para-hydroxylation sites is 1. The van der Waals surface area contributed by atoms with Crippen molar-refractivity contribution < 1.29 is 23.5 Å². The molecule has 0 N–H and O–H groups in total. The van der Waals surface area contributed by atoms with Crippen LogP contribution in [0.15, 0.2) is 54.1 Å². The third kappa shape index (κ3) is 5.02. The lowest BCUT2D eigenvalue weighted by Gasteiger charge is -2.10. The van der Waals surface area contributed by atoms with Crippen molar-refractivity contribution in [1.82, 2.24) is 0 Å². The first kappa shape index (κ1) is 19.4. The van der Waals surface area contributed by atoms with E-state index >= 15 is 0 Å². The molecule has 0 heterocycles. The van der Waals surface area contributed by atoms with Crippen molar-refractivity contribution in [3.8, 4) is 11.5 Å². The van der Waals surface area contributed by atoms with Crippen LogP contribution in [0.2, 0.25) is 0 Å². The fourth-order valence-corrected chi connectivity index (χ4v) is 2.22. The van der Waals surface area contributed by atoms with Crippen LogP contribution in [0.4, 0.5) is 4.39 Å². The number of benzene rings is 2. The van der Waals surface area contributed by atoms with Crippen molar-refractivity contribution in [2.45, 2.75) is 20.8 Å². The Morgan fingerprint density at radius 1 is 1.12 bits per heavy atom. The summed E-state index contributed by atoms with van der Waals surface area (Å²) in [5.41, 5.74) is 0.397. The number of halogens is 1. The molecule has 0 bridgehead atoms. The number of Topliss-reactive ketones (excluding diaryl/α,β-unsaturated/α-hetero) is 1. The van der Waals surface area contributed by atoms with Crippen molar-refractivity contribution in [1.29, 1.82) is 0 Å². The van der Waals surface area contributed by atoms with Gasteiger partial charge in [-0.05, 0) is 42.8 Å². The van der Waals surface area contributed by atoms with Crippen LogP contribution < -0.4 is 4.74 Å². The fraction of sp³-hybridized carbons (Fsp3) is 0.238. The predicted molar refractivity (Wildman–Crippen MR) is 97.4 cm³/mol. The molecule has 5 heteroatoms. The van der Waals surface area contributed by atoms with Crippen molar-refractivity contribution >= 4 is 17.8 Å². The molecular weight excluding hydrogens is 335 g/mol. The van der Waals surface area contributed by atoms with Gasteiger partial charge in [0.05, 0.1) is 6.61 Å². The van der Waals surface area contributed by atoms with E-state index in [0.29, 0.717) is 11.3 Å². The molecule has 26 heavy (non-hydrogen) atoms. The Balaban J connectivity index is 2.38. The highest BCUT2D eigenvalue weighted by Crippen LogP contribution is 2.26. The Kier molecular flexibility index (Phi) is 6.67. The summed E-state index contributed by atoms with van der Waals surface area (Å²) in [7, 11) is 0. The van der Waals surface area contributed by atoms with E-state index in [1.165, 1.54) is 24.3 Å². The summed E-state index contributed by atoms with van der Waals surface area (Å²) >= 11 is 0. The summed E-state index contributed by atoms with van der Waals surface area (Å²) in [5, 5.41) is 0. The van der Waals surface area contributed by atoms with Crippen LogP contribution in [0, 0.1) is 11.7 Å². The molecule has 0 radical (unpaired) electrons. The zero-order valence-corrected chi connectivity index (χ0v) is 15.0. The largest absolute Gasteiger partial charge is 0.462 e. The van der Waals surface area contributed by atoms with E-state index in [9.17, 15) is 14.0 Å². The lowest BCUT2D eigenvalue weighted by atomic mass is 9.99. The normalized spacial score (nSPS) is 11.3. The minimum absolute atomic E-state index is 0.00477. The molecule has 2 aromatic carbocycles. The maximum absolute atomic E-state index is 14.1. The van der Waals surface area contributed by atoms with Gasteiger partial charge in [-0.15, -0.1) is 0 Å². The second-order valence-electron chi connectivity index (χ2n) is 5.90. The lowest BCUT2D eigenvalue weighted by Crippen LogP contribution is -2.19. The van der Waals surface area contributed by atoms with E-state index < -0.39 is 11.8 Å². The van der Waals surface area contributed by atoms with Crippen LogP contribution in [0.1, 0.15) is 26.3 Å². The average Bonchev–Trinajstić information content (AvgIpc) is 2.62. The summed E-state index contributed by atoms with van der Waals surface area (Å²) in [4.78, 5) is 24.5. The topological polar surface area (TPSA) is 52.6 Å². The monoisotopic (exact) mass is 356 g/mol. The second-order valence-corrected chi connectivity index (χ2v) is 5.90. The number of ether oxygens (including phenoxy) is 2. The Bertz CT molecular complexity index is 810. The highest BCUT2D eigenvalue weighted by molar-refractivity contribution is 6.21. The predicted octanol–water partition coefficient (Wildman–Crippen LogP) is 4.79. The van der Waals surface area contributed by atoms with Crippen molar-refractivity contribution in [3.05, 3.63) is 65.5 Å². The van der Waals surface area contributed by atoms with Gasteiger partial charge in [0, 0.05) is 5.92 Å². The van der Waals surface area contributed by atoms with Gasteiger partial charge in [-0.2, -0.15) is 0 Å². The van der Waals surface area contributed by atoms with Crippen molar-refractivity contribution in [2.24, 2.45) is 5.92 Å². The van der Waals surface area contributed by atoms with E-state index in [1.807, 2.05) is 6.07 Å². The highest BCUT2D eigenvalue weighted by atomic mass is 19.1. The van der Waals surface area contributed by atoms with Gasteiger partial charge in [0.25, 0.3) is 0 Å². The molecule has 0 unspecified atom stereocenters. The molecule has 0 amide bonds. The Morgan fingerprint density at radius 3 is 2.42 bits per heavy atom. The maximum Gasteiger partial charge on any atom is 0.341 e. The number of hydrogen-bond donors (Lipinski definition) is 0. The molecule has 0 aliphatic carbocycles. The summed E-state index contributed by atoms with van der Waals surface area (Å²) in [5.74, 6) is -1.45. The van der Waals surface area contributed by atoms with Crippen LogP contribution in [0.25, 0.3) is 6.08 Å². The van der Waals surface area contributed by atoms with Gasteiger partial charge in [0.15, 0.2) is 17.3 Å². The molecule has 0 spiro atoms. The number of esters is 1. The summed E-state index contributed by atoms with van der Waals surface area (Å²) in [6.07, 6.45) is 1.40. The maximum atomic E-state index is 14.1. The van der Waals surface area contributed by atoms with E-state index in [2.05, 4.69) is 0 Å². The van der Waals surface area contributed by atoms with Crippen LogP contribution in [-0.2, 0) is 14.3 Å². The molecule has 0 aliphatic heterocycles. The SMILES string of the molecule is CCOC(=O)/C(=C\c1ccc(F)c(Oc2ccccc2)c1)C(=O)C(C)C. The highest BCUT2D eigenvalue weighted by Gasteiger charge is 2.22. The van der Waals surface area contributed by atoms with Crippen LogP contribution in [-0.4, -0.2) is 18.4 Å². The van der Waals surface area contributed by atoms with Gasteiger partial charge >= 0.3 is 5.97 Å². The quantitative estimate of drug-likeness (QED) is 0.310. The molecule has 0 saturated carbocycles. The molecular formula is C21H21FO4. The van der Waals surface area contributed by atoms with Crippen LogP contribution in [0.5, 0.6) is 11.5 Å². The van der Waals surface area contributed by atoms with E-state index in [4.69, 9.17) is 9.47 Å². The Hall–Kier alpha value is -2.95. The number of carbonyl (C=O) groups is 2. The molecule has 4 nitrogen and oxygen atoms in total. The average molecular weight is 356 g/mol. The zero-order valence-electron chi connectivity index (χ0n) is 15.0. The van der Waals surface area contributed by atoms with E-state index in [1.54, 1.807) is 45.0 Å². The number of rotatable bonds is 7. The second kappa shape index (κ2) is 8.94. The number of ketones is 1. The third-order valence-electron chi connectivity index (χ3n) is 3.52. The molecule has 0 aliphatic rings. The third-order valence-corrected chi connectivity index (χ3v) is 3.52. The van der Waals surface area contributed by atoms with Gasteiger partial charge in [-0.25, -0.2) is 9.18 Å². The first-order valence-corrected chi connectivity index (χ1v) is 8.37. The number of hydrogen-bond acceptors (Lipinski definition) is 4. The van der Waals surface area contributed by atoms with Crippen LogP contribution >= 0.6 is 0 Å². The zero-order chi connectivity index (χ0) is 19.1. The Labute approximate surface area is 152 Å². The van der Waals surface area contributed by atoms with E-state index in [-0.39, 0.29) is 29.6 Å². The molecule has 136 valence electrons. The van der Waals surface area contributed by atoms with Gasteiger partial charge in [-0.1, -0.05) is 38.1 Å². The van der Waals surface area contributed by atoms with Gasteiger partial charge < -0.3 is 9.47 Å². The summed E-state index contributed by atoms with van der Waals surface area (Å²) in [6, 6.07) is 12.9. The van der Waals surface area contributed by atoms with Crippen molar-refractivity contribution in [3.63, 3.8) is 0 Å². The van der Waals surface area contributed by atoms with Gasteiger partial charge in [0.1, 0.15) is 11.3 Å². The first-order chi connectivity index (χ1) is 12.4.